The molecule has 0 nitrogen and oxygen atoms in total. The molecule has 3 heteroatoms. The van der Waals surface area contributed by atoms with Crippen molar-refractivity contribution in [1.29, 1.82) is 0 Å². The Balaban J connectivity index is 0.000000386. The molecule has 0 aromatic heterocycles. The average Bonchev–Trinajstić information content (AvgIpc) is 2.71. The molecule has 1 aromatic rings. The van der Waals surface area contributed by atoms with Gasteiger partial charge in [-0.25, -0.2) is 0 Å². The Morgan fingerprint density at radius 3 is 2.50 bits per heavy atom. The Bertz CT molecular complexity index is 336. The van der Waals surface area contributed by atoms with Gasteiger partial charge in [0, 0.05) is 5.92 Å². The van der Waals surface area contributed by atoms with Crippen LogP contribution in [0.2, 0.25) is 0 Å². The predicted octanol–water partition coefficient (Wildman–Crippen LogP) is 5.20. The van der Waals surface area contributed by atoms with Gasteiger partial charge in [0.15, 0.2) is 0 Å². The molecule has 16 heavy (non-hydrogen) atoms. The second-order valence-corrected chi connectivity index (χ2v) is 6.20. The number of benzene rings is 1. The van der Waals surface area contributed by atoms with Crippen molar-refractivity contribution in [3.8, 4) is 0 Å². The van der Waals surface area contributed by atoms with E-state index < -0.39 is 17.0 Å². The van der Waals surface area contributed by atoms with Gasteiger partial charge in [-0.05, 0) is 17.5 Å². The standard InChI is InChI=1S/C13H15.2ClH.Ti/c1-2-3-6-11-9-10-12-7-4-5-8-13(11)12;;;/h4-5,7-10H,2-3,6H2,1H3;2*1H;/q;;;+2/p-2. The van der Waals surface area contributed by atoms with E-state index in [0.29, 0.717) is 0 Å². The van der Waals surface area contributed by atoms with Crippen LogP contribution in [0.15, 0.2) is 30.3 Å². The third-order valence-electron chi connectivity index (χ3n) is 2.57. The van der Waals surface area contributed by atoms with Crippen LogP contribution in [0.5, 0.6) is 0 Å². The van der Waals surface area contributed by atoms with Crippen LogP contribution in [-0.4, -0.2) is 0 Å². The first-order chi connectivity index (χ1) is 7.83. The Morgan fingerprint density at radius 1 is 1.12 bits per heavy atom. The molecule has 1 aliphatic rings. The molecule has 1 aliphatic carbocycles. The molecule has 0 saturated carbocycles. The maximum absolute atomic E-state index is 4.89. The van der Waals surface area contributed by atoms with Gasteiger partial charge in [0.25, 0.3) is 0 Å². The number of halogens is 2. The van der Waals surface area contributed by atoms with Gasteiger partial charge in [0.1, 0.15) is 0 Å². The van der Waals surface area contributed by atoms with Gasteiger partial charge >= 0.3 is 35.6 Å². The van der Waals surface area contributed by atoms with E-state index in [1.807, 2.05) is 0 Å². The molecule has 1 radical (unpaired) electrons. The van der Waals surface area contributed by atoms with Gasteiger partial charge in [0.05, 0.1) is 0 Å². The molecule has 0 saturated heterocycles. The van der Waals surface area contributed by atoms with Crippen LogP contribution in [0.1, 0.15) is 37.3 Å². The number of unbranched alkanes of at least 4 members (excludes halogenated alkanes) is 1. The van der Waals surface area contributed by atoms with Gasteiger partial charge in [-0.3, -0.25) is 0 Å². The second-order valence-electron chi connectivity index (χ2n) is 3.62. The van der Waals surface area contributed by atoms with Crippen molar-refractivity contribution < 1.29 is 17.0 Å². The van der Waals surface area contributed by atoms with Crippen LogP contribution in [0.25, 0.3) is 6.08 Å². The number of fused-ring (bicyclic) bond motifs is 1. The van der Waals surface area contributed by atoms with Crippen LogP contribution < -0.4 is 0 Å². The molecule has 0 N–H and O–H groups in total. The minimum atomic E-state index is -0.556. The van der Waals surface area contributed by atoms with Crippen molar-refractivity contribution in [1.82, 2.24) is 0 Å². The predicted molar refractivity (Wildman–Crippen MR) is 69.1 cm³/mol. The summed E-state index contributed by atoms with van der Waals surface area (Å²) in [6.45, 7) is 2.24. The fourth-order valence-electron chi connectivity index (χ4n) is 1.80. The monoisotopic (exact) mass is 289 g/mol. The molecular formula is C13H15Cl2Ti. The van der Waals surface area contributed by atoms with Crippen molar-refractivity contribution in [2.75, 3.05) is 0 Å². The Kier molecular flexibility index (Phi) is 7.48. The molecular weight excluding hydrogens is 275 g/mol. The first-order valence-electron chi connectivity index (χ1n) is 5.43. The molecule has 0 bridgehead atoms. The fraction of sp³-hybridized carbons (Fsp3) is 0.308. The SMILES string of the molecule is CCCC[C]1C=Cc2ccccc21.[Cl][Ti][Cl]. The summed E-state index contributed by atoms with van der Waals surface area (Å²) >= 11 is -0.556. The first kappa shape index (κ1) is 14.3. The van der Waals surface area contributed by atoms with Crippen molar-refractivity contribution in [2.24, 2.45) is 0 Å². The topological polar surface area (TPSA) is 0 Å². The van der Waals surface area contributed by atoms with E-state index in [1.165, 1.54) is 36.3 Å². The summed E-state index contributed by atoms with van der Waals surface area (Å²) in [6.07, 6.45) is 8.29. The van der Waals surface area contributed by atoms with Crippen molar-refractivity contribution in [2.45, 2.75) is 26.2 Å². The third-order valence-corrected chi connectivity index (χ3v) is 2.57. The first-order valence-corrected chi connectivity index (χ1v) is 9.72. The van der Waals surface area contributed by atoms with Crippen LogP contribution in [-0.2, 0) is 17.0 Å². The van der Waals surface area contributed by atoms with E-state index in [9.17, 15) is 0 Å². The summed E-state index contributed by atoms with van der Waals surface area (Å²) in [4.78, 5) is 0. The molecule has 0 spiro atoms. The summed E-state index contributed by atoms with van der Waals surface area (Å²) in [5.41, 5.74) is 2.82. The van der Waals surface area contributed by atoms with E-state index >= 15 is 0 Å². The Morgan fingerprint density at radius 2 is 1.81 bits per heavy atom. The van der Waals surface area contributed by atoms with Crippen molar-refractivity contribution in [3.63, 3.8) is 0 Å². The molecule has 1 aromatic carbocycles. The van der Waals surface area contributed by atoms with Crippen LogP contribution in [0.4, 0.5) is 0 Å². The Hall–Kier alpha value is 0.254. The third kappa shape index (κ3) is 4.26. The number of hydrogen-bond acceptors (Lipinski definition) is 0. The molecule has 0 aliphatic heterocycles. The average molecular weight is 290 g/mol. The van der Waals surface area contributed by atoms with Crippen molar-refractivity contribution in [3.05, 3.63) is 47.4 Å². The van der Waals surface area contributed by atoms with Gasteiger partial charge in [0.2, 0.25) is 0 Å². The zero-order valence-electron chi connectivity index (χ0n) is 9.34. The normalized spacial score (nSPS) is 12.9. The zero-order chi connectivity index (χ0) is 11.8. The van der Waals surface area contributed by atoms with Gasteiger partial charge in [-0.2, -0.15) is 0 Å². The molecule has 85 valence electrons. The fourth-order valence-corrected chi connectivity index (χ4v) is 1.80. The quantitative estimate of drug-likeness (QED) is 0.671. The van der Waals surface area contributed by atoms with E-state index in [-0.39, 0.29) is 0 Å². The molecule has 0 atom stereocenters. The molecule has 2 rings (SSSR count). The van der Waals surface area contributed by atoms with Crippen LogP contribution in [0.3, 0.4) is 0 Å². The Labute approximate surface area is 115 Å². The summed E-state index contributed by atoms with van der Waals surface area (Å²) in [7, 11) is 9.78. The number of allylic oxidation sites excluding steroid dienone is 1. The second kappa shape index (κ2) is 8.36. The summed E-state index contributed by atoms with van der Waals surface area (Å²) in [5, 5.41) is 0. The van der Waals surface area contributed by atoms with Gasteiger partial charge in [-0.15, -0.1) is 0 Å². The van der Waals surface area contributed by atoms with Crippen molar-refractivity contribution >= 4 is 24.7 Å². The van der Waals surface area contributed by atoms with Crippen LogP contribution >= 0.6 is 18.6 Å². The van der Waals surface area contributed by atoms with E-state index in [2.05, 4.69) is 43.3 Å². The van der Waals surface area contributed by atoms with Gasteiger partial charge < -0.3 is 0 Å². The molecule has 0 fully saturated rings. The zero-order valence-corrected chi connectivity index (χ0v) is 12.4. The van der Waals surface area contributed by atoms with E-state index in [4.69, 9.17) is 18.6 Å². The van der Waals surface area contributed by atoms with Crippen LogP contribution in [0, 0.1) is 5.92 Å². The van der Waals surface area contributed by atoms with E-state index in [0.717, 1.165) is 0 Å². The number of hydrogen-bond donors (Lipinski definition) is 0. The summed E-state index contributed by atoms with van der Waals surface area (Å²) in [6, 6.07) is 8.63. The minimum absolute atomic E-state index is 0.556. The molecule has 0 amide bonds. The molecule has 0 heterocycles. The summed E-state index contributed by atoms with van der Waals surface area (Å²) < 4.78 is 0. The molecule has 0 unspecified atom stereocenters. The number of rotatable bonds is 3. The van der Waals surface area contributed by atoms with E-state index in [1.54, 1.807) is 0 Å². The maximum atomic E-state index is 4.89. The van der Waals surface area contributed by atoms with Gasteiger partial charge in [-0.1, -0.05) is 56.2 Å². The summed E-state index contributed by atoms with van der Waals surface area (Å²) in [5.74, 6) is 1.51.